The molecule has 150 valence electrons. The van der Waals surface area contributed by atoms with Gasteiger partial charge < -0.3 is 9.64 Å². The molecule has 3 heterocycles. The molecule has 0 aromatic carbocycles. The van der Waals surface area contributed by atoms with Gasteiger partial charge in [-0.3, -0.25) is 14.4 Å². The molecule has 27 heavy (non-hydrogen) atoms. The minimum Gasteiger partial charge on any atom is -0.376 e. The van der Waals surface area contributed by atoms with Gasteiger partial charge in [-0.1, -0.05) is 19.3 Å². The molecule has 1 saturated heterocycles. The Hall–Kier alpha value is -1.40. The molecule has 1 aromatic heterocycles. The number of hydrogen-bond donors (Lipinski definition) is 0. The Morgan fingerprint density at radius 3 is 2.78 bits per heavy atom. The van der Waals surface area contributed by atoms with E-state index in [2.05, 4.69) is 21.4 Å². The molecule has 2 aliphatic heterocycles. The Morgan fingerprint density at radius 1 is 1.11 bits per heavy atom. The molecule has 3 aliphatic rings. The van der Waals surface area contributed by atoms with Gasteiger partial charge in [-0.15, -0.1) is 0 Å². The van der Waals surface area contributed by atoms with Crippen molar-refractivity contribution < 1.29 is 9.53 Å². The molecule has 0 atom stereocenters. The van der Waals surface area contributed by atoms with Crippen LogP contribution in [0.3, 0.4) is 0 Å². The molecule has 0 bridgehead atoms. The Kier molecular flexibility index (Phi) is 6.13. The standard InChI is InChI=1S/C21H34N4O2/c1-2-25-20-9-14-27-16-18(20)19(22-25)15-23-10-6-11-24(13-12-23)21(26)17-7-4-3-5-8-17/h17H,2-16H2,1H3. The molecule has 0 N–H and O–H groups in total. The summed E-state index contributed by atoms with van der Waals surface area (Å²) < 4.78 is 7.86. The van der Waals surface area contributed by atoms with Gasteiger partial charge in [0.2, 0.25) is 5.91 Å². The van der Waals surface area contributed by atoms with Gasteiger partial charge in [-0.25, -0.2) is 0 Å². The maximum atomic E-state index is 12.9. The quantitative estimate of drug-likeness (QED) is 0.813. The van der Waals surface area contributed by atoms with E-state index in [0.29, 0.717) is 12.5 Å². The highest BCUT2D eigenvalue weighted by Crippen LogP contribution is 2.26. The van der Waals surface area contributed by atoms with Crippen LogP contribution in [0.25, 0.3) is 0 Å². The molecule has 1 aromatic rings. The zero-order valence-electron chi connectivity index (χ0n) is 16.8. The van der Waals surface area contributed by atoms with Gasteiger partial charge in [0.25, 0.3) is 0 Å². The Labute approximate surface area is 162 Å². The summed E-state index contributed by atoms with van der Waals surface area (Å²) in [6.07, 6.45) is 7.98. The van der Waals surface area contributed by atoms with Crippen molar-refractivity contribution in [2.75, 3.05) is 32.8 Å². The van der Waals surface area contributed by atoms with Crippen molar-refractivity contribution >= 4 is 5.91 Å². The van der Waals surface area contributed by atoms with Crippen LogP contribution in [0.15, 0.2) is 0 Å². The van der Waals surface area contributed by atoms with Gasteiger partial charge in [0.05, 0.1) is 18.9 Å². The van der Waals surface area contributed by atoms with Gasteiger partial charge in [-0.05, 0) is 26.2 Å². The van der Waals surface area contributed by atoms with Crippen LogP contribution in [0.4, 0.5) is 0 Å². The van der Waals surface area contributed by atoms with Crippen molar-refractivity contribution in [3.8, 4) is 0 Å². The first kappa shape index (κ1) is 18.9. The first-order chi connectivity index (χ1) is 13.3. The number of rotatable bonds is 4. The van der Waals surface area contributed by atoms with Crippen LogP contribution in [0.5, 0.6) is 0 Å². The summed E-state index contributed by atoms with van der Waals surface area (Å²) in [6.45, 7) is 9.24. The third-order valence-electron chi connectivity index (χ3n) is 6.51. The minimum atomic E-state index is 0.287. The number of ether oxygens (including phenoxy) is 1. The van der Waals surface area contributed by atoms with Crippen molar-refractivity contribution in [3.05, 3.63) is 17.0 Å². The van der Waals surface area contributed by atoms with E-state index in [1.165, 1.54) is 36.2 Å². The maximum Gasteiger partial charge on any atom is 0.225 e. The molecule has 6 heteroatoms. The molecule has 6 nitrogen and oxygen atoms in total. The molecule has 4 rings (SSSR count). The topological polar surface area (TPSA) is 50.6 Å². The number of amides is 1. The molecular formula is C21H34N4O2. The van der Waals surface area contributed by atoms with E-state index in [0.717, 1.165) is 71.6 Å². The number of aromatic nitrogens is 2. The number of carbonyl (C=O) groups excluding carboxylic acids is 1. The van der Waals surface area contributed by atoms with E-state index in [9.17, 15) is 4.79 Å². The second-order valence-electron chi connectivity index (χ2n) is 8.28. The SMILES string of the molecule is CCn1nc(CN2CCCN(C(=O)C3CCCCC3)CC2)c2c1CCOC2. The summed E-state index contributed by atoms with van der Waals surface area (Å²) in [5, 5.41) is 4.88. The minimum absolute atomic E-state index is 0.287. The molecule has 1 aliphatic carbocycles. The van der Waals surface area contributed by atoms with E-state index < -0.39 is 0 Å². The highest BCUT2D eigenvalue weighted by Gasteiger charge is 2.28. The fourth-order valence-corrected chi connectivity index (χ4v) is 4.94. The summed E-state index contributed by atoms with van der Waals surface area (Å²) >= 11 is 0. The van der Waals surface area contributed by atoms with Crippen LogP contribution in [0.2, 0.25) is 0 Å². The Bertz CT molecular complexity index is 651. The number of fused-ring (bicyclic) bond motifs is 1. The van der Waals surface area contributed by atoms with Crippen molar-refractivity contribution in [3.63, 3.8) is 0 Å². The summed E-state index contributed by atoms with van der Waals surface area (Å²) in [4.78, 5) is 17.5. The monoisotopic (exact) mass is 374 g/mol. The van der Waals surface area contributed by atoms with E-state index in [4.69, 9.17) is 9.84 Å². The second kappa shape index (κ2) is 8.74. The molecule has 0 radical (unpaired) electrons. The third-order valence-corrected chi connectivity index (χ3v) is 6.51. The van der Waals surface area contributed by atoms with Gasteiger partial charge in [0, 0.05) is 62.9 Å². The van der Waals surface area contributed by atoms with Crippen LogP contribution in [0, 0.1) is 5.92 Å². The molecule has 0 unspecified atom stereocenters. The molecule has 1 amide bonds. The van der Waals surface area contributed by atoms with Gasteiger partial charge >= 0.3 is 0 Å². The third kappa shape index (κ3) is 4.21. The van der Waals surface area contributed by atoms with Gasteiger partial charge in [0.1, 0.15) is 0 Å². The van der Waals surface area contributed by atoms with Crippen LogP contribution >= 0.6 is 0 Å². The van der Waals surface area contributed by atoms with Crippen molar-refractivity contribution in [1.82, 2.24) is 19.6 Å². The first-order valence-electron chi connectivity index (χ1n) is 10.9. The lowest BCUT2D eigenvalue weighted by Crippen LogP contribution is -2.39. The van der Waals surface area contributed by atoms with Gasteiger partial charge in [-0.2, -0.15) is 5.10 Å². The Morgan fingerprint density at radius 2 is 1.96 bits per heavy atom. The fraction of sp³-hybridized carbons (Fsp3) is 0.810. The highest BCUT2D eigenvalue weighted by atomic mass is 16.5. The molecule has 0 spiro atoms. The summed E-state index contributed by atoms with van der Waals surface area (Å²) in [7, 11) is 0. The fourth-order valence-electron chi connectivity index (χ4n) is 4.94. The predicted octanol–water partition coefficient (Wildman–Crippen LogP) is 2.59. The van der Waals surface area contributed by atoms with E-state index in [1.807, 2.05) is 0 Å². The van der Waals surface area contributed by atoms with Crippen molar-refractivity contribution in [2.24, 2.45) is 5.92 Å². The number of nitrogens with zero attached hydrogens (tertiary/aromatic N) is 4. The second-order valence-corrected chi connectivity index (χ2v) is 8.28. The van der Waals surface area contributed by atoms with E-state index in [-0.39, 0.29) is 5.92 Å². The summed E-state index contributed by atoms with van der Waals surface area (Å²) in [5.74, 6) is 0.701. The lowest BCUT2D eigenvalue weighted by Gasteiger charge is -2.28. The molecule has 2 fully saturated rings. The van der Waals surface area contributed by atoms with Gasteiger partial charge in [0.15, 0.2) is 0 Å². The lowest BCUT2D eigenvalue weighted by atomic mass is 9.88. The zero-order chi connectivity index (χ0) is 18.6. The summed E-state index contributed by atoms with van der Waals surface area (Å²) in [6, 6.07) is 0. The molecular weight excluding hydrogens is 340 g/mol. The predicted molar refractivity (Wildman–Crippen MR) is 104 cm³/mol. The smallest absolute Gasteiger partial charge is 0.225 e. The summed E-state index contributed by atoms with van der Waals surface area (Å²) in [5.41, 5.74) is 3.85. The Balaban J connectivity index is 1.37. The average molecular weight is 375 g/mol. The largest absolute Gasteiger partial charge is 0.376 e. The average Bonchev–Trinajstić information content (AvgIpc) is 2.90. The van der Waals surface area contributed by atoms with E-state index in [1.54, 1.807) is 0 Å². The van der Waals surface area contributed by atoms with Crippen LogP contribution in [-0.4, -0.2) is 58.3 Å². The maximum absolute atomic E-state index is 12.9. The number of aryl methyl sites for hydroxylation is 1. The van der Waals surface area contributed by atoms with Crippen molar-refractivity contribution in [2.45, 2.75) is 71.6 Å². The molecule has 1 saturated carbocycles. The zero-order valence-corrected chi connectivity index (χ0v) is 16.8. The van der Waals surface area contributed by atoms with Crippen LogP contribution in [-0.2, 0) is 35.6 Å². The number of hydrogen-bond acceptors (Lipinski definition) is 4. The normalized spacial score (nSPS) is 22.5. The van der Waals surface area contributed by atoms with Crippen molar-refractivity contribution in [1.29, 1.82) is 0 Å². The van der Waals surface area contributed by atoms with E-state index >= 15 is 0 Å². The van der Waals surface area contributed by atoms with Crippen LogP contribution in [0.1, 0.15) is 62.4 Å². The first-order valence-corrected chi connectivity index (χ1v) is 10.9. The van der Waals surface area contributed by atoms with Crippen LogP contribution < -0.4 is 0 Å². The number of carbonyl (C=O) groups is 1. The lowest BCUT2D eigenvalue weighted by molar-refractivity contribution is -0.136. The highest BCUT2D eigenvalue weighted by molar-refractivity contribution is 5.79.